The Kier molecular flexibility index (Phi) is 5.37. The molecule has 2 aromatic carbocycles. The van der Waals surface area contributed by atoms with Crippen LogP contribution in [0.25, 0.3) is 0 Å². The molecule has 0 radical (unpaired) electrons. The van der Waals surface area contributed by atoms with Crippen LogP contribution in [0.5, 0.6) is 5.75 Å². The first-order chi connectivity index (χ1) is 10.0. The fourth-order valence-corrected chi connectivity index (χ4v) is 3.07. The molecule has 0 aliphatic rings. The molecule has 2 aromatic rings. The summed E-state index contributed by atoms with van der Waals surface area (Å²) in [6.07, 6.45) is 0.565. The highest BCUT2D eigenvalue weighted by Gasteiger charge is 2.15. The Balaban J connectivity index is 2.31. The molecule has 0 heterocycles. The molecule has 0 spiro atoms. The monoisotopic (exact) mass is 351 g/mol. The van der Waals surface area contributed by atoms with E-state index in [-0.39, 0.29) is 17.6 Å². The largest absolute Gasteiger partial charge is 0.494 e. The van der Waals surface area contributed by atoms with E-state index in [1.807, 2.05) is 20.0 Å². The van der Waals surface area contributed by atoms with Gasteiger partial charge in [0, 0.05) is 10.5 Å². The van der Waals surface area contributed by atoms with Gasteiger partial charge in [0.2, 0.25) is 0 Å². The minimum atomic E-state index is -0.285. The van der Waals surface area contributed by atoms with E-state index in [0.29, 0.717) is 12.0 Å². The van der Waals surface area contributed by atoms with Crippen LogP contribution < -0.4 is 10.1 Å². The van der Waals surface area contributed by atoms with Crippen LogP contribution in [-0.2, 0) is 6.42 Å². The number of rotatable bonds is 5. The van der Waals surface area contributed by atoms with Crippen molar-refractivity contribution in [2.75, 3.05) is 14.2 Å². The van der Waals surface area contributed by atoms with Crippen LogP contribution in [0.2, 0.25) is 0 Å². The molecule has 112 valence electrons. The molecule has 0 bridgehead atoms. The highest BCUT2D eigenvalue weighted by molar-refractivity contribution is 9.10. The van der Waals surface area contributed by atoms with Crippen LogP contribution in [0.4, 0.5) is 4.39 Å². The number of hydrogen-bond acceptors (Lipinski definition) is 2. The molecule has 4 heteroatoms. The van der Waals surface area contributed by atoms with Crippen molar-refractivity contribution in [2.45, 2.75) is 19.4 Å². The fourth-order valence-electron chi connectivity index (χ4n) is 2.44. The zero-order valence-corrected chi connectivity index (χ0v) is 14.0. The first-order valence-electron chi connectivity index (χ1n) is 6.81. The molecule has 0 aromatic heterocycles. The molecule has 0 aliphatic carbocycles. The summed E-state index contributed by atoms with van der Waals surface area (Å²) in [6.45, 7) is 2.05. The lowest BCUT2D eigenvalue weighted by atomic mass is 9.97. The van der Waals surface area contributed by atoms with Gasteiger partial charge in [-0.3, -0.25) is 0 Å². The summed E-state index contributed by atoms with van der Waals surface area (Å²) < 4.78 is 20.4. The molecule has 2 rings (SSSR count). The van der Waals surface area contributed by atoms with Gasteiger partial charge in [-0.05, 0) is 55.3 Å². The molecular formula is C17H19BrFNO. The third kappa shape index (κ3) is 3.83. The molecule has 21 heavy (non-hydrogen) atoms. The topological polar surface area (TPSA) is 21.3 Å². The third-order valence-corrected chi connectivity index (χ3v) is 3.96. The number of halogens is 2. The Bertz CT molecular complexity index is 610. The lowest BCUT2D eigenvalue weighted by Gasteiger charge is -2.19. The van der Waals surface area contributed by atoms with E-state index < -0.39 is 0 Å². The normalized spacial score (nSPS) is 12.2. The molecule has 0 fully saturated rings. The van der Waals surface area contributed by atoms with Crippen LogP contribution in [0.3, 0.4) is 0 Å². The van der Waals surface area contributed by atoms with Gasteiger partial charge in [-0.15, -0.1) is 0 Å². The van der Waals surface area contributed by atoms with E-state index in [2.05, 4.69) is 39.4 Å². The number of likely N-dealkylation sites (N-methyl/N-ethyl adjacent to an activating group) is 1. The van der Waals surface area contributed by atoms with Crippen molar-refractivity contribution in [2.24, 2.45) is 0 Å². The third-order valence-electron chi connectivity index (χ3n) is 3.50. The number of aryl methyl sites for hydroxylation is 1. The molecule has 0 saturated heterocycles. The van der Waals surface area contributed by atoms with Gasteiger partial charge < -0.3 is 10.1 Å². The van der Waals surface area contributed by atoms with E-state index in [9.17, 15) is 4.39 Å². The first-order valence-corrected chi connectivity index (χ1v) is 7.60. The summed E-state index contributed by atoms with van der Waals surface area (Å²) in [5, 5.41) is 3.26. The minimum absolute atomic E-state index is 0.0443. The van der Waals surface area contributed by atoms with Crippen LogP contribution >= 0.6 is 15.9 Å². The molecular weight excluding hydrogens is 333 g/mol. The molecule has 1 unspecified atom stereocenters. The van der Waals surface area contributed by atoms with Crippen molar-refractivity contribution in [1.82, 2.24) is 5.32 Å². The standard InChI is InChI=1S/C17H19BrFNO/c1-11-7-13(9-14(18)8-11)15(20-2)10-12-5-4-6-16(21-3)17(12)19/h4-9,15,20H,10H2,1-3H3. The van der Waals surface area contributed by atoms with Gasteiger partial charge >= 0.3 is 0 Å². The van der Waals surface area contributed by atoms with Crippen molar-refractivity contribution >= 4 is 15.9 Å². The number of ether oxygens (including phenoxy) is 1. The van der Waals surface area contributed by atoms with Crippen LogP contribution in [-0.4, -0.2) is 14.2 Å². The van der Waals surface area contributed by atoms with E-state index in [0.717, 1.165) is 10.0 Å². The van der Waals surface area contributed by atoms with Crippen LogP contribution in [0.15, 0.2) is 40.9 Å². The van der Waals surface area contributed by atoms with Crippen LogP contribution in [0.1, 0.15) is 22.7 Å². The Hall–Kier alpha value is -1.39. The Morgan fingerprint density at radius 3 is 2.67 bits per heavy atom. The number of benzene rings is 2. The molecule has 1 atom stereocenters. The molecule has 1 N–H and O–H groups in total. The van der Waals surface area contributed by atoms with Gasteiger partial charge in [-0.1, -0.05) is 34.1 Å². The van der Waals surface area contributed by atoms with Gasteiger partial charge in [-0.25, -0.2) is 4.39 Å². The lowest BCUT2D eigenvalue weighted by Crippen LogP contribution is -2.19. The zero-order chi connectivity index (χ0) is 15.4. The number of nitrogens with one attached hydrogen (secondary N) is 1. The maximum atomic E-state index is 14.3. The fraction of sp³-hybridized carbons (Fsp3) is 0.294. The molecule has 0 saturated carbocycles. The number of hydrogen-bond donors (Lipinski definition) is 1. The first kappa shape index (κ1) is 16.0. The summed E-state index contributed by atoms with van der Waals surface area (Å²) in [5.41, 5.74) is 2.95. The second-order valence-electron chi connectivity index (χ2n) is 5.04. The van der Waals surface area contributed by atoms with E-state index >= 15 is 0 Å². The van der Waals surface area contributed by atoms with Crippen molar-refractivity contribution < 1.29 is 9.13 Å². The molecule has 0 amide bonds. The predicted molar refractivity (Wildman–Crippen MR) is 87.3 cm³/mol. The highest BCUT2D eigenvalue weighted by Crippen LogP contribution is 2.27. The smallest absolute Gasteiger partial charge is 0.168 e. The maximum absolute atomic E-state index is 14.3. The molecule has 0 aliphatic heterocycles. The SMILES string of the molecule is CNC(Cc1cccc(OC)c1F)c1cc(C)cc(Br)c1. The minimum Gasteiger partial charge on any atom is -0.494 e. The van der Waals surface area contributed by atoms with Crippen molar-refractivity contribution in [3.8, 4) is 5.75 Å². The second kappa shape index (κ2) is 7.05. The zero-order valence-electron chi connectivity index (χ0n) is 12.4. The Labute approximate surface area is 133 Å². The Morgan fingerprint density at radius 2 is 2.05 bits per heavy atom. The van der Waals surface area contributed by atoms with Gasteiger partial charge in [0.1, 0.15) is 0 Å². The van der Waals surface area contributed by atoms with Crippen LogP contribution in [0, 0.1) is 12.7 Å². The highest BCUT2D eigenvalue weighted by atomic mass is 79.9. The van der Waals surface area contributed by atoms with Gasteiger partial charge in [0.25, 0.3) is 0 Å². The summed E-state index contributed by atoms with van der Waals surface area (Å²) in [4.78, 5) is 0. The van der Waals surface area contributed by atoms with Gasteiger partial charge in [0.05, 0.1) is 7.11 Å². The average Bonchev–Trinajstić information content (AvgIpc) is 2.45. The average molecular weight is 352 g/mol. The summed E-state index contributed by atoms with van der Waals surface area (Å²) in [5.74, 6) is -0.000236. The van der Waals surface area contributed by atoms with E-state index in [4.69, 9.17) is 4.74 Å². The quantitative estimate of drug-likeness (QED) is 0.861. The van der Waals surface area contributed by atoms with E-state index in [1.165, 1.54) is 12.7 Å². The summed E-state index contributed by atoms with van der Waals surface area (Å²) >= 11 is 3.51. The summed E-state index contributed by atoms with van der Waals surface area (Å²) in [6, 6.07) is 11.5. The maximum Gasteiger partial charge on any atom is 0.168 e. The lowest BCUT2D eigenvalue weighted by molar-refractivity contribution is 0.383. The molecule has 2 nitrogen and oxygen atoms in total. The van der Waals surface area contributed by atoms with Crippen molar-refractivity contribution in [3.63, 3.8) is 0 Å². The predicted octanol–water partition coefficient (Wildman–Crippen LogP) is 4.41. The number of methoxy groups -OCH3 is 1. The van der Waals surface area contributed by atoms with Gasteiger partial charge in [0.15, 0.2) is 11.6 Å². The summed E-state index contributed by atoms with van der Waals surface area (Å²) in [7, 11) is 3.37. The van der Waals surface area contributed by atoms with Gasteiger partial charge in [-0.2, -0.15) is 0 Å². The Morgan fingerprint density at radius 1 is 1.29 bits per heavy atom. The second-order valence-corrected chi connectivity index (χ2v) is 5.96. The van der Waals surface area contributed by atoms with Crippen molar-refractivity contribution in [1.29, 1.82) is 0 Å². The van der Waals surface area contributed by atoms with Crippen molar-refractivity contribution in [3.05, 3.63) is 63.4 Å². The van der Waals surface area contributed by atoms with E-state index in [1.54, 1.807) is 12.1 Å².